The van der Waals surface area contributed by atoms with Crippen LogP contribution in [0.2, 0.25) is 0 Å². The number of hydrogen-bond acceptors (Lipinski definition) is 3. The molecule has 1 unspecified atom stereocenters. The topological polar surface area (TPSA) is 52.5 Å². The lowest BCUT2D eigenvalue weighted by atomic mass is 10.2. The highest BCUT2D eigenvalue weighted by Gasteiger charge is 2.11. The zero-order valence-corrected chi connectivity index (χ0v) is 10.6. The average Bonchev–Trinajstić information content (AvgIpc) is 2.74. The molecule has 17 heavy (non-hydrogen) atoms. The number of ether oxygens (including phenoxy) is 1. The van der Waals surface area contributed by atoms with E-state index in [0.29, 0.717) is 12.5 Å². The molecule has 0 spiro atoms. The van der Waals surface area contributed by atoms with Gasteiger partial charge in [0, 0.05) is 18.9 Å². The summed E-state index contributed by atoms with van der Waals surface area (Å²) in [5.74, 6) is 1.20. The molecule has 0 saturated carbocycles. The number of fused-ring (bicyclic) bond motifs is 1. The Morgan fingerprint density at radius 3 is 2.82 bits per heavy atom. The summed E-state index contributed by atoms with van der Waals surface area (Å²) in [6.45, 7) is 6.71. The van der Waals surface area contributed by atoms with Crippen molar-refractivity contribution in [3.05, 3.63) is 30.2 Å². The van der Waals surface area contributed by atoms with Crippen LogP contribution < -0.4 is 10.5 Å². The number of imidazole rings is 1. The van der Waals surface area contributed by atoms with Crippen LogP contribution >= 0.6 is 0 Å². The lowest BCUT2D eigenvalue weighted by Crippen LogP contribution is -2.23. The Morgan fingerprint density at radius 2 is 2.18 bits per heavy atom. The maximum absolute atomic E-state index is 5.76. The molecule has 2 heterocycles. The van der Waals surface area contributed by atoms with E-state index in [1.54, 1.807) is 0 Å². The van der Waals surface area contributed by atoms with E-state index in [4.69, 9.17) is 10.5 Å². The minimum Gasteiger partial charge on any atom is -0.485 e. The Balaban J connectivity index is 2.42. The Bertz CT molecular complexity index is 504. The summed E-state index contributed by atoms with van der Waals surface area (Å²) in [7, 11) is 0. The normalized spacial score (nSPS) is 13.2. The Morgan fingerprint density at radius 1 is 1.41 bits per heavy atom. The summed E-state index contributed by atoms with van der Waals surface area (Å²) in [5.41, 5.74) is 7.49. The smallest absolute Gasteiger partial charge is 0.179 e. The van der Waals surface area contributed by atoms with Crippen LogP contribution in [0.4, 0.5) is 0 Å². The molecule has 0 aliphatic rings. The molecule has 4 heteroatoms. The van der Waals surface area contributed by atoms with E-state index >= 15 is 0 Å². The second-order valence-electron chi connectivity index (χ2n) is 4.59. The van der Waals surface area contributed by atoms with Crippen LogP contribution in [0.3, 0.4) is 0 Å². The van der Waals surface area contributed by atoms with Crippen molar-refractivity contribution in [3.8, 4) is 5.75 Å². The average molecular weight is 233 g/mol. The SMILES string of the molecule is CC(CN)Oc1cccn2cc(C(C)C)nc12. The van der Waals surface area contributed by atoms with E-state index in [9.17, 15) is 0 Å². The van der Waals surface area contributed by atoms with Crippen molar-refractivity contribution < 1.29 is 4.74 Å². The molecule has 92 valence electrons. The zero-order valence-electron chi connectivity index (χ0n) is 10.6. The maximum Gasteiger partial charge on any atom is 0.179 e. The molecule has 0 aromatic carbocycles. The minimum atomic E-state index is 0.000370. The first-order valence-corrected chi connectivity index (χ1v) is 5.96. The van der Waals surface area contributed by atoms with E-state index in [2.05, 4.69) is 18.8 Å². The van der Waals surface area contributed by atoms with Crippen LogP contribution in [-0.2, 0) is 0 Å². The highest BCUT2D eigenvalue weighted by atomic mass is 16.5. The second kappa shape index (κ2) is 4.75. The molecule has 0 radical (unpaired) electrons. The van der Waals surface area contributed by atoms with Crippen LogP contribution in [0.15, 0.2) is 24.5 Å². The van der Waals surface area contributed by atoms with Crippen molar-refractivity contribution in [3.63, 3.8) is 0 Å². The highest BCUT2D eigenvalue weighted by molar-refractivity contribution is 5.54. The third-order valence-electron chi connectivity index (χ3n) is 2.72. The molecule has 1 atom stereocenters. The van der Waals surface area contributed by atoms with E-state index in [1.165, 1.54) is 0 Å². The number of aromatic nitrogens is 2. The molecular weight excluding hydrogens is 214 g/mol. The summed E-state index contributed by atoms with van der Waals surface area (Å²) in [4.78, 5) is 4.60. The molecule has 2 N–H and O–H groups in total. The molecule has 0 bridgehead atoms. The van der Waals surface area contributed by atoms with Crippen LogP contribution in [0.25, 0.3) is 5.65 Å². The number of hydrogen-bond donors (Lipinski definition) is 1. The summed E-state index contributed by atoms with van der Waals surface area (Å²) in [6, 6.07) is 3.88. The van der Waals surface area contributed by atoms with Crippen molar-refractivity contribution in [1.29, 1.82) is 0 Å². The van der Waals surface area contributed by atoms with Crippen molar-refractivity contribution >= 4 is 5.65 Å². The lowest BCUT2D eigenvalue weighted by Gasteiger charge is -2.12. The largest absolute Gasteiger partial charge is 0.485 e. The van der Waals surface area contributed by atoms with Gasteiger partial charge in [-0.25, -0.2) is 4.98 Å². The first kappa shape index (κ1) is 11.9. The summed E-state index contributed by atoms with van der Waals surface area (Å²) in [5, 5.41) is 0. The standard InChI is InChI=1S/C13H19N3O/c1-9(2)11-8-16-6-4-5-12(13(16)15-11)17-10(3)7-14/h4-6,8-10H,7,14H2,1-3H3. The van der Waals surface area contributed by atoms with Gasteiger partial charge in [-0.2, -0.15) is 0 Å². The van der Waals surface area contributed by atoms with Crippen LogP contribution in [-0.4, -0.2) is 22.0 Å². The van der Waals surface area contributed by atoms with E-state index in [-0.39, 0.29) is 6.10 Å². The van der Waals surface area contributed by atoms with Gasteiger partial charge >= 0.3 is 0 Å². The van der Waals surface area contributed by atoms with Crippen LogP contribution in [0.1, 0.15) is 32.4 Å². The van der Waals surface area contributed by atoms with Gasteiger partial charge in [0.05, 0.1) is 5.69 Å². The summed E-state index contributed by atoms with van der Waals surface area (Å²) >= 11 is 0. The second-order valence-corrected chi connectivity index (χ2v) is 4.59. The zero-order chi connectivity index (χ0) is 12.4. The van der Waals surface area contributed by atoms with Gasteiger partial charge in [0.2, 0.25) is 0 Å². The highest BCUT2D eigenvalue weighted by Crippen LogP contribution is 2.22. The summed E-state index contributed by atoms with van der Waals surface area (Å²) in [6.07, 6.45) is 4.02. The number of nitrogens with two attached hydrogens (primary N) is 1. The Hall–Kier alpha value is -1.55. The Labute approximate surface area is 101 Å². The van der Waals surface area contributed by atoms with Crippen LogP contribution in [0.5, 0.6) is 5.75 Å². The Kier molecular flexibility index (Phi) is 3.33. The van der Waals surface area contributed by atoms with Gasteiger partial charge < -0.3 is 14.9 Å². The maximum atomic E-state index is 5.76. The molecule has 0 amide bonds. The van der Waals surface area contributed by atoms with E-state index in [0.717, 1.165) is 17.1 Å². The predicted octanol–water partition coefficient (Wildman–Crippen LogP) is 2.18. The van der Waals surface area contributed by atoms with Crippen molar-refractivity contribution in [2.45, 2.75) is 32.8 Å². The van der Waals surface area contributed by atoms with Gasteiger partial charge in [-0.05, 0) is 25.0 Å². The first-order chi connectivity index (χ1) is 8.11. The lowest BCUT2D eigenvalue weighted by molar-refractivity contribution is 0.231. The van der Waals surface area contributed by atoms with Crippen molar-refractivity contribution in [1.82, 2.24) is 9.38 Å². The molecule has 0 aliphatic carbocycles. The molecule has 4 nitrogen and oxygen atoms in total. The van der Waals surface area contributed by atoms with Gasteiger partial charge in [-0.1, -0.05) is 13.8 Å². The molecule has 0 fully saturated rings. The van der Waals surface area contributed by atoms with E-state index in [1.807, 2.05) is 35.9 Å². The van der Waals surface area contributed by atoms with Crippen LogP contribution in [0, 0.1) is 0 Å². The van der Waals surface area contributed by atoms with Gasteiger partial charge in [0.1, 0.15) is 6.10 Å². The number of rotatable bonds is 4. The predicted molar refractivity (Wildman–Crippen MR) is 68.4 cm³/mol. The molecular formula is C13H19N3O. The van der Waals surface area contributed by atoms with E-state index < -0.39 is 0 Å². The molecule has 0 aliphatic heterocycles. The molecule has 2 rings (SSSR count). The fourth-order valence-corrected chi connectivity index (χ4v) is 1.64. The first-order valence-electron chi connectivity index (χ1n) is 5.96. The quantitative estimate of drug-likeness (QED) is 0.880. The van der Waals surface area contributed by atoms with Gasteiger partial charge in [0.25, 0.3) is 0 Å². The summed E-state index contributed by atoms with van der Waals surface area (Å²) < 4.78 is 7.76. The van der Waals surface area contributed by atoms with Crippen molar-refractivity contribution in [2.75, 3.05) is 6.54 Å². The fourth-order valence-electron chi connectivity index (χ4n) is 1.64. The van der Waals surface area contributed by atoms with Gasteiger partial charge in [-0.3, -0.25) is 0 Å². The van der Waals surface area contributed by atoms with Gasteiger partial charge in [0.15, 0.2) is 11.4 Å². The third kappa shape index (κ3) is 2.42. The molecule has 0 saturated heterocycles. The monoisotopic (exact) mass is 233 g/mol. The fraction of sp³-hybridized carbons (Fsp3) is 0.462. The minimum absolute atomic E-state index is 0.000370. The molecule has 2 aromatic heterocycles. The van der Waals surface area contributed by atoms with Gasteiger partial charge in [-0.15, -0.1) is 0 Å². The number of pyridine rings is 1. The third-order valence-corrected chi connectivity index (χ3v) is 2.72. The molecule has 2 aromatic rings. The number of nitrogens with zero attached hydrogens (tertiary/aromatic N) is 2. The van der Waals surface area contributed by atoms with Crippen molar-refractivity contribution in [2.24, 2.45) is 5.73 Å².